The average Bonchev–Trinajstić information content (AvgIpc) is 3.07. The molecule has 1 unspecified atom stereocenters. The van der Waals surface area contributed by atoms with Gasteiger partial charge in [-0.05, 0) is 49.9 Å². The molecule has 5 nitrogen and oxygen atoms in total. The minimum Gasteiger partial charge on any atom is -0.325 e. The molecular formula is C23H29N3O2S2. The fourth-order valence-corrected chi connectivity index (χ4v) is 6.43. The normalized spacial score (nSPS) is 19.0. The Labute approximate surface area is 186 Å². The maximum atomic E-state index is 13.3. The van der Waals surface area contributed by atoms with Crippen LogP contribution < -0.4 is 10.9 Å². The van der Waals surface area contributed by atoms with Crippen molar-refractivity contribution in [1.82, 2.24) is 9.55 Å². The highest BCUT2D eigenvalue weighted by molar-refractivity contribution is 8.00. The van der Waals surface area contributed by atoms with Gasteiger partial charge in [-0.15, -0.1) is 11.8 Å². The quantitative estimate of drug-likeness (QED) is 0.512. The molecule has 4 rings (SSSR count). The van der Waals surface area contributed by atoms with Gasteiger partial charge in [-0.1, -0.05) is 44.0 Å². The van der Waals surface area contributed by atoms with Crippen molar-refractivity contribution >= 4 is 35.1 Å². The van der Waals surface area contributed by atoms with Crippen LogP contribution in [0.3, 0.4) is 0 Å². The number of aryl methyl sites for hydroxylation is 2. The Balaban J connectivity index is 1.55. The van der Waals surface area contributed by atoms with Gasteiger partial charge in [-0.3, -0.25) is 14.2 Å². The van der Waals surface area contributed by atoms with Crippen LogP contribution in [0.25, 0.3) is 0 Å². The first kappa shape index (κ1) is 21.5. The van der Waals surface area contributed by atoms with Crippen molar-refractivity contribution in [2.75, 3.05) is 11.1 Å². The zero-order valence-electron chi connectivity index (χ0n) is 17.9. The van der Waals surface area contributed by atoms with Gasteiger partial charge in [0.05, 0.1) is 16.3 Å². The molecule has 0 spiro atoms. The first-order valence-corrected chi connectivity index (χ1v) is 12.6. The standard InChI is InChI=1S/C23H29N3O2S2/c1-14-9-15(2)11-17(10-14)24-20(27)13-29-23-25-19-12-16(3)30-21(19)22(28)26(23)18-7-5-4-6-8-18/h9-11,16,18H,4-8,12-13H2,1-3H3,(H,24,27). The molecule has 1 aliphatic heterocycles. The van der Waals surface area contributed by atoms with E-state index in [1.165, 1.54) is 18.2 Å². The Hall–Kier alpha value is -1.73. The summed E-state index contributed by atoms with van der Waals surface area (Å²) in [6.07, 6.45) is 6.38. The van der Waals surface area contributed by atoms with Gasteiger partial charge in [0.25, 0.3) is 5.56 Å². The van der Waals surface area contributed by atoms with Gasteiger partial charge < -0.3 is 5.32 Å². The van der Waals surface area contributed by atoms with Crippen molar-refractivity contribution in [3.05, 3.63) is 45.4 Å². The topological polar surface area (TPSA) is 64.0 Å². The average molecular weight is 444 g/mol. The number of hydrogen-bond acceptors (Lipinski definition) is 5. The highest BCUT2D eigenvalue weighted by Gasteiger charge is 2.29. The van der Waals surface area contributed by atoms with Crippen LogP contribution in [0, 0.1) is 13.8 Å². The number of thioether (sulfide) groups is 2. The molecule has 1 aromatic carbocycles. The maximum absolute atomic E-state index is 13.3. The van der Waals surface area contributed by atoms with Gasteiger partial charge in [0.2, 0.25) is 5.91 Å². The third-order valence-corrected chi connectivity index (χ3v) is 7.86. The van der Waals surface area contributed by atoms with E-state index in [1.807, 2.05) is 30.5 Å². The maximum Gasteiger partial charge on any atom is 0.268 e. The summed E-state index contributed by atoms with van der Waals surface area (Å²) < 4.78 is 1.90. The molecule has 30 heavy (non-hydrogen) atoms. The molecule has 0 bridgehead atoms. The molecule has 1 aromatic heterocycles. The van der Waals surface area contributed by atoms with Crippen LogP contribution >= 0.6 is 23.5 Å². The monoisotopic (exact) mass is 443 g/mol. The van der Waals surface area contributed by atoms with Gasteiger partial charge in [0, 0.05) is 23.4 Å². The Bertz CT molecular complexity index is 992. The lowest BCUT2D eigenvalue weighted by molar-refractivity contribution is -0.113. The summed E-state index contributed by atoms with van der Waals surface area (Å²) in [5.41, 5.74) is 4.06. The van der Waals surface area contributed by atoms with Gasteiger partial charge >= 0.3 is 0 Å². The minimum absolute atomic E-state index is 0.0716. The number of nitrogens with one attached hydrogen (secondary N) is 1. The highest BCUT2D eigenvalue weighted by atomic mass is 32.2. The first-order chi connectivity index (χ1) is 14.4. The second-order valence-corrected chi connectivity index (χ2v) is 10.9. The Morgan fingerprint density at radius 1 is 1.20 bits per heavy atom. The summed E-state index contributed by atoms with van der Waals surface area (Å²) >= 11 is 3.04. The summed E-state index contributed by atoms with van der Waals surface area (Å²) in [7, 11) is 0. The minimum atomic E-state index is -0.0716. The smallest absolute Gasteiger partial charge is 0.268 e. The van der Waals surface area contributed by atoms with Crippen LogP contribution in [-0.4, -0.2) is 26.5 Å². The van der Waals surface area contributed by atoms with E-state index in [0.29, 0.717) is 10.4 Å². The number of rotatable bonds is 5. The van der Waals surface area contributed by atoms with Gasteiger partial charge in [-0.25, -0.2) is 4.98 Å². The molecule has 2 aliphatic rings. The largest absolute Gasteiger partial charge is 0.325 e. The van der Waals surface area contributed by atoms with Crippen molar-refractivity contribution in [3.8, 4) is 0 Å². The number of carbonyl (C=O) groups excluding carboxylic acids is 1. The summed E-state index contributed by atoms with van der Waals surface area (Å²) in [5, 5.41) is 4.07. The lowest BCUT2D eigenvalue weighted by Gasteiger charge is -2.26. The van der Waals surface area contributed by atoms with Gasteiger partial charge in [0.15, 0.2) is 5.16 Å². The van der Waals surface area contributed by atoms with Crippen molar-refractivity contribution in [2.24, 2.45) is 0 Å². The van der Waals surface area contributed by atoms with Crippen molar-refractivity contribution in [1.29, 1.82) is 0 Å². The Kier molecular flexibility index (Phi) is 6.58. The molecule has 160 valence electrons. The predicted octanol–water partition coefficient (Wildman–Crippen LogP) is 5.13. The van der Waals surface area contributed by atoms with E-state index in [9.17, 15) is 9.59 Å². The first-order valence-electron chi connectivity index (χ1n) is 10.7. The number of fused-ring (bicyclic) bond motifs is 1. The third kappa shape index (κ3) is 4.78. The number of benzene rings is 1. The number of aromatic nitrogens is 2. The van der Waals surface area contributed by atoms with E-state index in [4.69, 9.17) is 4.98 Å². The molecule has 1 N–H and O–H groups in total. The van der Waals surface area contributed by atoms with Crippen LogP contribution in [0.4, 0.5) is 5.69 Å². The lowest BCUT2D eigenvalue weighted by atomic mass is 9.95. The van der Waals surface area contributed by atoms with Crippen LogP contribution in [0.15, 0.2) is 33.0 Å². The van der Waals surface area contributed by atoms with Crippen LogP contribution in [0.5, 0.6) is 0 Å². The molecule has 1 atom stereocenters. The third-order valence-electron chi connectivity index (χ3n) is 5.69. The molecule has 7 heteroatoms. The fraction of sp³-hybridized carbons (Fsp3) is 0.522. The number of anilines is 1. The van der Waals surface area contributed by atoms with Crippen LogP contribution in [0.2, 0.25) is 0 Å². The van der Waals surface area contributed by atoms with Crippen molar-refractivity contribution < 1.29 is 4.79 Å². The number of amides is 1. The molecule has 2 heterocycles. The molecule has 1 aliphatic carbocycles. The Morgan fingerprint density at radius 2 is 1.90 bits per heavy atom. The highest BCUT2D eigenvalue weighted by Crippen LogP contribution is 2.37. The van der Waals surface area contributed by atoms with E-state index in [0.717, 1.165) is 59.5 Å². The van der Waals surface area contributed by atoms with E-state index < -0.39 is 0 Å². The molecular weight excluding hydrogens is 414 g/mol. The number of carbonyl (C=O) groups is 1. The molecule has 0 radical (unpaired) electrons. The number of hydrogen-bond donors (Lipinski definition) is 1. The van der Waals surface area contributed by atoms with Gasteiger partial charge in [0.1, 0.15) is 0 Å². The lowest BCUT2D eigenvalue weighted by Crippen LogP contribution is -2.30. The Morgan fingerprint density at radius 3 is 2.60 bits per heavy atom. The fourth-order valence-electron chi connectivity index (χ4n) is 4.45. The SMILES string of the molecule is Cc1cc(C)cc(NC(=O)CSc2nc3c(c(=O)n2C2CCCCC2)SC(C)C3)c1. The van der Waals surface area contributed by atoms with E-state index in [1.54, 1.807) is 11.8 Å². The van der Waals surface area contributed by atoms with E-state index in [2.05, 4.69) is 18.3 Å². The van der Waals surface area contributed by atoms with Crippen LogP contribution in [-0.2, 0) is 11.2 Å². The molecule has 1 amide bonds. The second kappa shape index (κ2) is 9.18. The zero-order chi connectivity index (χ0) is 21.3. The summed E-state index contributed by atoms with van der Waals surface area (Å²) in [6.45, 7) is 6.18. The van der Waals surface area contributed by atoms with Gasteiger partial charge in [-0.2, -0.15) is 0 Å². The van der Waals surface area contributed by atoms with Crippen molar-refractivity contribution in [3.63, 3.8) is 0 Å². The summed E-state index contributed by atoms with van der Waals surface area (Å²) in [6, 6.07) is 6.23. The van der Waals surface area contributed by atoms with E-state index in [-0.39, 0.29) is 23.3 Å². The molecule has 1 saturated carbocycles. The van der Waals surface area contributed by atoms with E-state index >= 15 is 0 Å². The molecule has 2 aromatic rings. The van der Waals surface area contributed by atoms with Crippen LogP contribution in [0.1, 0.15) is 61.9 Å². The second-order valence-electron chi connectivity index (χ2n) is 8.48. The molecule has 0 saturated heterocycles. The zero-order valence-corrected chi connectivity index (χ0v) is 19.5. The number of nitrogens with zero attached hydrogens (tertiary/aromatic N) is 2. The summed E-state index contributed by atoms with van der Waals surface area (Å²) in [5.74, 6) is 0.172. The predicted molar refractivity (Wildman–Crippen MR) is 125 cm³/mol. The van der Waals surface area contributed by atoms with Crippen molar-refractivity contribution in [2.45, 2.75) is 80.6 Å². The summed E-state index contributed by atoms with van der Waals surface area (Å²) in [4.78, 5) is 31.6. The molecule has 1 fully saturated rings.